The highest BCUT2D eigenvalue weighted by Gasteiger charge is 2.16. The number of amides is 1. The summed E-state index contributed by atoms with van der Waals surface area (Å²) in [6.07, 6.45) is 1.84. The van der Waals surface area contributed by atoms with Crippen molar-refractivity contribution in [2.75, 3.05) is 0 Å². The van der Waals surface area contributed by atoms with Crippen LogP contribution < -0.4 is 5.32 Å². The van der Waals surface area contributed by atoms with Gasteiger partial charge in [0.25, 0.3) is 0 Å². The number of nitrogens with one attached hydrogen (secondary N) is 2. The molecule has 0 fully saturated rings. The molecule has 140 valence electrons. The van der Waals surface area contributed by atoms with Crippen molar-refractivity contribution in [3.05, 3.63) is 70.0 Å². The largest absolute Gasteiger partial charge is 0.348 e. The molecular formula is C20H21ClN4OS. The summed E-state index contributed by atoms with van der Waals surface area (Å²) >= 11 is 11.3. The van der Waals surface area contributed by atoms with Gasteiger partial charge < -0.3 is 5.32 Å². The first kappa shape index (κ1) is 19.3. The van der Waals surface area contributed by atoms with Gasteiger partial charge in [0.2, 0.25) is 5.91 Å². The second kappa shape index (κ2) is 8.97. The van der Waals surface area contributed by atoms with E-state index in [1.807, 2.05) is 42.5 Å². The lowest BCUT2D eigenvalue weighted by atomic mass is 10.0. The van der Waals surface area contributed by atoms with Crippen LogP contribution >= 0.6 is 23.8 Å². The topological polar surface area (TPSA) is 62.7 Å². The van der Waals surface area contributed by atoms with E-state index in [2.05, 4.69) is 22.4 Å². The van der Waals surface area contributed by atoms with Crippen LogP contribution in [0.15, 0.2) is 54.6 Å². The van der Waals surface area contributed by atoms with E-state index in [4.69, 9.17) is 23.8 Å². The molecule has 27 heavy (non-hydrogen) atoms. The summed E-state index contributed by atoms with van der Waals surface area (Å²) in [6.45, 7) is 2.20. The number of rotatable bonds is 7. The molecule has 7 heteroatoms. The molecule has 0 aliphatic heterocycles. The molecule has 0 saturated carbocycles. The molecule has 2 aromatic carbocycles. The van der Waals surface area contributed by atoms with Crippen molar-refractivity contribution >= 4 is 29.7 Å². The SMILES string of the molecule is CCC[C@@H](NC(=O)Cn1c(-c2ccc(Cl)cc2)n[nH]c1=S)c1ccccc1. The van der Waals surface area contributed by atoms with Crippen LogP contribution in [0.3, 0.4) is 0 Å². The van der Waals surface area contributed by atoms with Crippen LogP contribution in [0.4, 0.5) is 0 Å². The van der Waals surface area contributed by atoms with Gasteiger partial charge in [0, 0.05) is 10.6 Å². The predicted octanol–water partition coefficient (Wildman–Crippen LogP) is 4.92. The van der Waals surface area contributed by atoms with Gasteiger partial charge >= 0.3 is 0 Å². The Bertz CT molecular complexity index is 950. The maximum absolute atomic E-state index is 12.7. The van der Waals surface area contributed by atoms with Gasteiger partial charge in [-0.05, 0) is 48.5 Å². The second-order valence-electron chi connectivity index (χ2n) is 6.26. The predicted molar refractivity (Wildman–Crippen MR) is 110 cm³/mol. The van der Waals surface area contributed by atoms with Crippen LogP contribution in [-0.4, -0.2) is 20.7 Å². The summed E-state index contributed by atoms with van der Waals surface area (Å²) < 4.78 is 2.10. The molecule has 3 aromatic rings. The third-order valence-electron chi connectivity index (χ3n) is 4.28. The maximum Gasteiger partial charge on any atom is 0.240 e. The summed E-state index contributed by atoms with van der Waals surface area (Å²) in [5, 5.41) is 10.8. The van der Waals surface area contributed by atoms with Crippen LogP contribution in [0.25, 0.3) is 11.4 Å². The van der Waals surface area contributed by atoms with E-state index >= 15 is 0 Å². The number of carbonyl (C=O) groups excluding carboxylic acids is 1. The molecule has 0 unspecified atom stereocenters. The Morgan fingerprint density at radius 2 is 1.93 bits per heavy atom. The lowest BCUT2D eigenvalue weighted by Gasteiger charge is -2.19. The molecule has 0 bridgehead atoms. The minimum atomic E-state index is -0.106. The van der Waals surface area contributed by atoms with Crippen molar-refractivity contribution in [2.24, 2.45) is 0 Å². The van der Waals surface area contributed by atoms with Crippen LogP contribution in [-0.2, 0) is 11.3 Å². The standard InChI is InChI=1S/C20H21ClN4OS/c1-2-6-17(14-7-4-3-5-8-14)22-18(26)13-25-19(23-24-20(25)27)15-9-11-16(21)12-10-15/h3-5,7-12,17H,2,6,13H2,1H3,(H,22,26)(H,24,27)/t17-/m1/s1. The van der Waals surface area contributed by atoms with Gasteiger partial charge in [-0.15, -0.1) is 0 Å². The Labute approximate surface area is 168 Å². The second-order valence-corrected chi connectivity index (χ2v) is 7.09. The fraction of sp³-hybridized carbons (Fsp3) is 0.250. The van der Waals surface area contributed by atoms with E-state index in [0.717, 1.165) is 24.0 Å². The van der Waals surface area contributed by atoms with Gasteiger partial charge in [0.15, 0.2) is 10.6 Å². The summed E-state index contributed by atoms with van der Waals surface area (Å²) in [4.78, 5) is 12.7. The van der Waals surface area contributed by atoms with Gasteiger partial charge in [-0.1, -0.05) is 55.3 Å². The van der Waals surface area contributed by atoms with Gasteiger partial charge in [-0.25, -0.2) is 0 Å². The lowest BCUT2D eigenvalue weighted by Crippen LogP contribution is -2.31. The number of H-pyrrole nitrogens is 1. The minimum absolute atomic E-state index is 0.0243. The quantitative estimate of drug-likeness (QED) is 0.553. The number of nitrogens with zero attached hydrogens (tertiary/aromatic N) is 2. The Kier molecular flexibility index (Phi) is 6.42. The zero-order valence-corrected chi connectivity index (χ0v) is 16.6. The molecule has 3 rings (SSSR count). The summed E-state index contributed by atoms with van der Waals surface area (Å²) in [5.41, 5.74) is 1.94. The average molecular weight is 401 g/mol. The molecule has 1 heterocycles. The Hall–Kier alpha value is -2.44. The molecule has 0 aliphatic carbocycles. The zero-order chi connectivity index (χ0) is 19.2. The Morgan fingerprint density at radius 1 is 1.22 bits per heavy atom. The van der Waals surface area contributed by atoms with Crippen LogP contribution in [0, 0.1) is 4.77 Å². The van der Waals surface area contributed by atoms with Crippen LogP contribution in [0.5, 0.6) is 0 Å². The minimum Gasteiger partial charge on any atom is -0.348 e. The molecule has 0 radical (unpaired) electrons. The van der Waals surface area contributed by atoms with Gasteiger partial charge in [-0.2, -0.15) is 5.10 Å². The van der Waals surface area contributed by atoms with E-state index in [-0.39, 0.29) is 18.5 Å². The Morgan fingerprint density at radius 3 is 2.59 bits per heavy atom. The highest BCUT2D eigenvalue weighted by Crippen LogP contribution is 2.21. The molecular weight excluding hydrogens is 380 g/mol. The summed E-state index contributed by atoms with van der Waals surface area (Å²) in [6, 6.07) is 17.2. The fourth-order valence-electron chi connectivity index (χ4n) is 2.96. The van der Waals surface area contributed by atoms with Crippen molar-refractivity contribution in [2.45, 2.75) is 32.4 Å². The molecule has 1 aromatic heterocycles. The van der Waals surface area contributed by atoms with Crippen molar-refractivity contribution in [1.29, 1.82) is 0 Å². The molecule has 0 aliphatic rings. The number of hydrogen-bond donors (Lipinski definition) is 2. The van der Waals surface area contributed by atoms with Gasteiger partial charge in [0.05, 0.1) is 6.04 Å². The highest BCUT2D eigenvalue weighted by atomic mass is 35.5. The number of carbonyl (C=O) groups is 1. The van der Waals surface area contributed by atoms with Crippen LogP contribution in [0.1, 0.15) is 31.4 Å². The first-order valence-electron chi connectivity index (χ1n) is 8.84. The van der Waals surface area contributed by atoms with E-state index in [1.165, 1.54) is 0 Å². The molecule has 1 atom stereocenters. The van der Waals surface area contributed by atoms with Crippen LogP contribution in [0.2, 0.25) is 5.02 Å². The van der Waals surface area contributed by atoms with Gasteiger partial charge in [-0.3, -0.25) is 14.5 Å². The van der Waals surface area contributed by atoms with E-state index in [0.29, 0.717) is 15.6 Å². The third-order valence-corrected chi connectivity index (χ3v) is 4.84. The Balaban J connectivity index is 1.79. The monoisotopic (exact) mass is 400 g/mol. The normalized spacial score (nSPS) is 11.9. The van der Waals surface area contributed by atoms with E-state index < -0.39 is 0 Å². The number of aromatic nitrogens is 3. The molecule has 2 N–H and O–H groups in total. The molecule has 1 amide bonds. The van der Waals surface area contributed by atoms with E-state index in [9.17, 15) is 4.79 Å². The van der Waals surface area contributed by atoms with Crippen molar-refractivity contribution in [1.82, 2.24) is 20.1 Å². The molecule has 5 nitrogen and oxygen atoms in total. The first-order valence-corrected chi connectivity index (χ1v) is 9.62. The van der Waals surface area contributed by atoms with Crippen molar-refractivity contribution in [3.8, 4) is 11.4 Å². The number of aromatic amines is 1. The van der Waals surface area contributed by atoms with E-state index in [1.54, 1.807) is 16.7 Å². The molecule has 0 spiro atoms. The summed E-state index contributed by atoms with van der Waals surface area (Å²) in [5.74, 6) is 0.503. The average Bonchev–Trinajstić information content (AvgIpc) is 3.03. The fourth-order valence-corrected chi connectivity index (χ4v) is 3.29. The van der Waals surface area contributed by atoms with Crippen molar-refractivity contribution < 1.29 is 4.79 Å². The number of hydrogen-bond acceptors (Lipinski definition) is 3. The number of halogens is 1. The lowest BCUT2D eigenvalue weighted by molar-refractivity contribution is -0.122. The third kappa shape index (κ3) is 4.84. The zero-order valence-electron chi connectivity index (χ0n) is 15.0. The smallest absolute Gasteiger partial charge is 0.240 e. The molecule has 0 saturated heterocycles. The van der Waals surface area contributed by atoms with Crippen molar-refractivity contribution in [3.63, 3.8) is 0 Å². The number of benzene rings is 2. The maximum atomic E-state index is 12.7. The van der Waals surface area contributed by atoms with Gasteiger partial charge in [0.1, 0.15) is 6.54 Å². The highest BCUT2D eigenvalue weighted by molar-refractivity contribution is 7.71. The first-order chi connectivity index (χ1) is 13.1. The summed E-state index contributed by atoms with van der Waals surface area (Å²) in [7, 11) is 0.